The molecule has 6 nitrogen and oxygen atoms in total. The van der Waals surface area contributed by atoms with E-state index in [-0.39, 0.29) is 12.3 Å². The van der Waals surface area contributed by atoms with Crippen LogP contribution < -0.4 is 5.32 Å². The normalized spacial score (nSPS) is 10.6. The van der Waals surface area contributed by atoms with E-state index in [1.807, 2.05) is 20.9 Å². The molecule has 21 heavy (non-hydrogen) atoms. The smallest absolute Gasteiger partial charge is 0.303 e. The van der Waals surface area contributed by atoms with E-state index >= 15 is 0 Å². The fourth-order valence-corrected chi connectivity index (χ4v) is 2.32. The third kappa shape index (κ3) is 5.57. The standard InChI is InChI=1S/C15H25N3O3/c1-11-14(12(2)18(3)17-11)15(21)16-10-8-6-4-5-7-9-13(19)20/h4-10H2,1-3H3,(H,16,21)(H,19,20). The first kappa shape index (κ1) is 17.2. The van der Waals surface area contributed by atoms with E-state index in [1.54, 1.807) is 4.68 Å². The number of hydrogen-bond donors (Lipinski definition) is 2. The van der Waals surface area contributed by atoms with Gasteiger partial charge in [0.25, 0.3) is 5.91 Å². The van der Waals surface area contributed by atoms with E-state index in [4.69, 9.17) is 5.11 Å². The molecule has 0 atom stereocenters. The van der Waals surface area contributed by atoms with Gasteiger partial charge in [0.1, 0.15) is 0 Å². The van der Waals surface area contributed by atoms with Crippen LogP contribution in [0.25, 0.3) is 0 Å². The van der Waals surface area contributed by atoms with Crippen molar-refractivity contribution in [2.24, 2.45) is 7.05 Å². The number of nitrogens with one attached hydrogen (secondary N) is 1. The molecule has 1 heterocycles. The molecule has 1 amide bonds. The Kier molecular flexibility index (Phi) is 6.91. The zero-order chi connectivity index (χ0) is 15.8. The van der Waals surface area contributed by atoms with Crippen molar-refractivity contribution >= 4 is 11.9 Å². The molecule has 0 saturated carbocycles. The molecule has 1 aromatic heterocycles. The van der Waals surface area contributed by atoms with Crippen molar-refractivity contribution in [1.29, 1.82) is 0 Å². The fourth-order valence-electron chi connectivity index (χ4n) is 2.32. The fraction of sp³-hybridized carbons (Fsp3) is 0.667. The molecular formula is C15H25N3O3. The maximum atomic E-state index is 12.1. The van der Waals surface area contributed by atoms with Gasteiger partial charge < -0.3 is 10.4 Å². The molecule has 0 spiro atoms. The summed E-state index contributed by atoms with van der Waals surface area (Å²) in [4.78, 5) is 22.4. The molecule has 1 rings (SSSR count). The summed E-state index contributed by atoms with van der Waals surface area (Å²) in [6.45, 7) is 4.37. The molecule has 0 fully saturated rings. The van der Waals surface area contributed by atoms with Crippen LogP contribution in [0.15, 0.2) is 0 Å². The Balaban J connectivity index is 2.18. The van der Waals surface area contributed by atoms with Gasteiger partial charge in [0.15, 0.2) is 0 Å². The number of carboxylic acids is 1. The number of unbranched alkanes of at least 4 members (excludes halogenated alkanes) is 4. The molecule has 0 unspecified atom stereocenters. The highest BCUT2D eigenvalue weighted by molar-refractivity contribution is 5.96. The summed E-state index contributed by atoms with van der Waals surface area (Å²) in [6, 6.07) is 0. The highest BCUT2D eigenvalue weighted by Crippen LogP contribution is 2.11. The third-order valence-electron chi connectivity index (χ3n) is 3.59. The minimum atomic E-state index is -0.732. The van der Waals surface area contributed by atoms with E-state index in [0.29, 0.717) is 12.1 Å². The van der Waals surface area contributed by atoms with Crippen molar-refractivity contribution in [2.75, 3.05) is 6.54 Å². The zero-order valence-electron chi connectivity index (χ0n) is 13.1. The quantitative estimate of drug-likeness (QED) is 0.684. The average Bonchev–Trinajstić information content (AvgIpc) is 2.66. The average molecular weight is 295 g/mol. The summed E-state index contributed by atoms with van der Waals surface area (Å²) < 4.78 is 1.71. The molecule has 0 bridgehead atoms. The Hall–Kier alpha value is -1.85. The van der Waals surface area contributed by atoms with Crippen LogP contribution in [0.1, 0.15) is 60.3 Å². The van der Waals surface area contributed by atoms with Crippen molar-refractivity contribution in [3.8, 4) is 0 Å². The van der Waals surface area contributed by atoms with Crippen LogP contribution in [0.2, 0.25) is 0 Å². The Morgan fingerprint density at radius 2 is 1.76 bits per heavy atom. The molecule has 0 aromatic carbocycles. The van der Waals surface area contributed by atoms with Gasteiger partial charge in [-0.3, -0.25) is 14.3 Å². The first-order valence-corrected chi connectivity index (χ1v) is 7.43. The molecule has 118 valence electrons. The van der Waals surface area contributed by atoms with Gasteiger partial charge in [0.05, 0.1) is 11.3 Å². The van der Waals surface area contributed by atoms with Crippen LogP contribution in [-0.4, -0.2) is 33.3 Å². The van der Waals surface area contributed by atoms with Gasteiger partial charge in [-0.15, -0.1) is 0 Å². The molecule has 1 aromatic rings. The van der Waals surface area contributed by atoms with E-state index < -0.39 is 5.97 Å². The van der Waals surface area contributed by atoms with Gasteiger partial charge in [0.2, 0.25) is 0 Å². The van der Waals surface area contributed by atoms with Gasteiger partial charge in [-0.25, -0.2) is 0 Å². The van der Waals surface area contributed by atoms with Crippen LogP contribution in [0.3, 0.4) is 0 Å². The maximum absolute atomic E-state index is 12.1. The van der Waals surface area contributed by atoms with E-state index in [2.05, 4.69) is 10.4 Å². The maximum Gasteiger partial charge on any atom is 0.303 e. The highest BCUT2D eigenvalue weighted by atomic mass is 16.4. The van der Waals surface area contributed by atoms with E-state index in [9.17, 15) is 9.59 Å². The van der Waals surface area contributed by atoms with Gasteiger partial charge in [-0.1, -0.05) is 19.3 Å². The number of amides is 1. The number of hydrogen-bond acceptors (Lipinski definition) is 3. The van der Waals surface area contributed by atoms with Crippen molar-refractivity contribution < 1.29 is 14.7 Å². The molecular weight excluding hydrogens is 270 g/mol. The third-order valence-corrected chi connectivity index (χ3v) is 3.59. The number of carbonyl (C=O) groups is 2. The number of rotatable bonds is 9. The summed E-state index contributed by atoms with van der Waals surface area (Å²) in [7, 11) is 1.83. The second-order valence-corrected chi connectivity index (χ2v) is 5.34. The van der Waals surface area contributed by atoms with Crippen molar-refractivity contribution in [2.45, 2.75) is 52.4 Å². The number of aliphatic carboxylic acids is 1. The monoisotopic (exact) mass is 295 g/mol. The second-order valence-electron chi connectivity index (χ2n) is 5.34. The lowest BCUT2D eigenvalue weighted by Crippen LogP contribution is -2.25. The summed E-state index contributed by atoms with van der Waals surface area (Å²) in [6.07, 6.45) is 4.84. The zero-order valence-corrected chi connectivity index (χ0v) is 13.1. The number of carboxylic acid groups (broad SMARTS) is 1. The number of aryl methyl sites for hydroxylation is 2. The lowest BCUT2D eigenvalue weighted by molar-refractivity contribution is -0.137. The van der Waals surface area contributed by atoms with Crippen molar-refractivity contribution in [3.05, 3.63) is 17.0 Å². The lowest BCUT2D eigenvalue weighted by Gasteiger charge is -2.05. The van der Waals surface area contributed by atoms with E-state index in [1.165, 1.54) is 0 Å². The predicted octanol–water partition coefficient (Wildman–Crippen LogP) is 2.19. The molecule has 0 radical (unpaired) electrons. The Morgan fingerprint density at radius 3 is 2.33 bits per heavy atom. The summed E-state index contributed by atoms with van der Waals surface area (Å²) in [5.74, 6) is -0.798. The topological polar surface area (TPSA) is 84.2 Å². The van der Waals surface area contributed by atoms with Crippen LogP contribution >= 0.6 is 0 Å². The van der Waals surface area contributed by atoms with Gasteiger partial charge >= 0.3 is 5.97 Å². The number of carbonyl (C=O) groups excluding carboxylic acids is 1. The Bertz CT molecular complexity index is 495. The van der Waals surface area contributed by atoms with Crippen LogP contribution in [0, 0.1) is 13.8 Å². The molecule has 2 N–H and O–H groups in total. The molecule has 0 aliphatic rings. The van der Waals surface area contributed by atoms with Crippen LogP contribution in [0.4, 0.5) is 0 Å². The highest BCUT2D eigenvalue weighted by Gasteiger charge is 2.16. The first-order valence-electron chi connectivity index (χ1n) is 7.43. The second kappa shape index (κ2) is 8.44. The SMILES string of the molecule is Cc1nn(C)c(C)c1C(=O)NCCCCCCCC(=O)O. The van der Waals surface area contributed by atoms with Crippen LogP contribution in [0.5, 0.6) is 0 Å². The minimum absolute atomic E-state index is 0.0658. The lowest BCUT2D eigenvalue weighted by atomic mass is 10.1. The summed E-state index contributed by atoms with van der Waals surface area (Å²) in [5, 5.41) is 15.7. The van der Waals surface area contributed by atoms with Crippen molar-refractivity contribution in [3.63, 3.8) is 0 Å². The Labute approximate surface area is 125 Å². The van der Waals surface area contributed by atoms with Crippen LogP contribution in [-0.2, 0) is 11.8 Å². The predicted molar refractivity (Wildman–Crippen MR) is 80.4 cm³/mol. The van der Waals surface area contributed by atoms with E-state index in [0.717, 1.165) is 43.5 Å². The van der Waals surface area contributed by atoms with Gasteiger partial charge in [-0.2, -0.15) is 5.10 Å². The minimum Gasteiger partial charge on any atom is -0.481 e. The number of nitrogens with zero attached hydrogens (tertiary/aromatic N) is 2. The molecule has 0 saturated heterocycles. The number of aromatic nitrogens is 2. The van der Waals surface area contributed by atoms with Crippen molar-refractivity contribution in [1.82, 2.24) is 15.1 Å². The van der Waals surface area contributed by atoms with Gasteiger partial charge in [-0.05, 0) is 26.7 Å². The summed E-state index contributed by atoms with van der Waals surface area (Å²) in [5.41, 5.74) is 2.29. The first-order chi connectivity index (χ1) is 9.93. The molecule has 6 heteroatoms. The Morgan fingerprint density at radius 1 is 1.14 bits per heavy atom. The largest absolute Gasteiger partial charge is 0.481 e. The summed E-state index contributed by atoms with van der Waals surface area (Å²) >= 11 is 0. The molecule has 0 aliphatic carbocycles. The molecule has 0 aliphatic heterocycles. The van der Waals surface area contributed by atoms with Gasteiger partial charge in [0, 0.05) is 25.7 Å².